The molecular weight excluding hydrogens is 775 g/mol. The first-order valence-electron chi connectivity index (χ1n) is 25.7. The van der Waals surface area contributed by atoms with E-state index in [9.17, 15) is 19.5 Å². The average Bonchev–Trinajstić information content (AvgIpc) is 3.23. The number of likely N-dealkylation sites (N-methyl/N-ethyl adjacent to an activating group) is 1. The van der Waals surface area contributed by atoms with E-state index in [0.29, 0.717) is 12.8 Å². The number of carbonyl (C=O) groups excluding carboxylic acids is 3. The van der Waals surface area contributed by atoms with Crippen LogP contribution in [0.5, 0.6) is 0 Å². The lowest BCUT2D eigenvalue weighted by Crippen LogP contribution is -2.55. The molecule has 0 N–H and O–H groups in total. The van der Waals surface area contributed by atoms with Crippen molar-refractivity contribution >= 4 is 17.9 Å². The quantitative estimate of drug-likeness (QED) is 0.0260. The third-order valence-electron chi connectivity index (χ3n) is 11.4. The van der Waals surface area contributed by atoms with Crippen molar-refractivity contribution < 1.29 is 38.2 Å². The zero-order chi connectivity index (χ0) is 45.6. The van der Waals surface area contributed by atoms with Gasteiger partial charge in [0.1, 0.15) is 12.6 Å². The Morgan fingerprint density at radius 1 is 0.500 bits per heavy atom. The van der Waals surface area contributed by atoms with Gasteiger partial charge in [-0.3, -0.25) is 9.59 Å². The van der Waals surface area contributed by atoms with E-state index in [-0.39, 0.29) is 42.7 Å². The predicted octanol–water partition coefficient (Wildman–Crippen LogP) is 13.4. The average molecular weight is 872 g/mol. The fourth-order valence-corrected chi connectivity index (χ4v) is 7.49. The first-order chi connectivity index (χ1) is 30.1. The topological polar surface area (TPSA) is 102 Å². The van der Waals surface area contributed by atoms with Gasteiger partial charge in [0, 0.05) is 19.3 Å². The molecule has 0 saturated heterocycles. The Morgan fingerprint density at radius 2 is 0.903 bits per heavy atom. The summed E-state index contributed by atoms with van der Waals surface area (Å²) in [5, 5.41) is 11.7. The number of allylic oxidation sites excluding steroid dienone is 8. The highest BCUT2D eigenvalue weighted by Crippen LogP contribution is 2.15. The predicted molar refractivity (Wildman–Crippen MR) is 259 cm³/mol. The summed E-state index contributed by atoms with van der Waals surface area (Å²) in [6.07, 6.45) is 54.2. The fraction of sp³-hybridized carbons (Fsp3) is 0.796. The van der Waals surface area contributed by atoms with Crippen molar-refractivity contribution in [2.75, 3.05) is 41.0 Å². The van der Waals surface area contributed by atoms with Gasteiger partial charge in [-0.1, -0.05) is 184 Å². The number of nitrogens with zero attached hydrogens (tertiary/aromatic N) is 1. The summed E-state index contributed by atoms with van der Waals surface area (Å²) in [7, 11) is 5.41. The normalized spacial score (nSPS) is 13.2. The Hall–Kier alpha value is -2.71. The SMILES string of the molecule is CC/C=C\C/C=C\C/C=C\CCCCCCCCCC(=O)OC(COCCC(C(=O)[O-])[N+](C)(C)C)COC(=O)CCCCCCCCCCC/C=C\CCCCCCCCCC. The lowest BCUT2D eigenvalue weighted by Gasteiger charge is -2.34. The van der Waals surface area contributed by atoms with Crippen LogP contribution in [0.1, 0.15) is 226 Å². The molecule has 0 fully saturated rings. The van der Waals surface area contributed by atoms with Gasteiger partial charge in [0.25, 0.3) is 0 Å². The number of aliphatic carboxylic acids is 1. The smallest absolute Gasteiger partial charge is 0.306 e. The highest BCUT2D eigenvalue weighted by molar-refractivity contribution is 5.70. The molecular formula is C54H97NO7. The molecule has 0 aliphatic carbocycles. The van der Waals surface area contributed by atoms with Crippen LogP contribution < -0.4 is 5.11 Å². The molecule has 2 atom stereocenters. The Bertz CT molecular complexity index is 1150. The Kier molecular flexibility index (Phi) is 42.9. The molecule has 360 valence electrons. The molecule has 0 bridgehead atoms. The van der Waals surface area contributed by atoms with Crippen molar-refractivity contribution in [3.63, 3.8) is 0 Å². The van der Waals surface area contributed by atoms with E-state index in [0.717, 1.165) is 70.6 Å². The van der Waals surface area contributed by atoms with Crippen LogP contribution in [0, 0.1) is 0 Å². The largest absolute Gasteiger partial charge is 0.544 e. The minimum atomic E-state index is -1.13. The van der Waals surface area contributed by atoms with E-state index >= 15 is 0 Å². The van der Waals surface area contributed by atoms with Crippen LogP contribution in [-0.2, 0) is 28.6 Å². The minimum absolute atomic E-state index is 0.0362. The van der Waals surface area contributed by atoms with Crippen molar-refractivity contribution in [3.8, 4) is 0 Å². The first kappa shape index (κ1) is 59.3. The molecule has 2 unspecified atom stereocenters. The van der Waals surface area contributed by atoms with Gasteiger partial charge in [0.15, 0.2) is 6.10 Å². The number of carboxylic acid groups (broad SMARTS) is 1. The summed E-state index contributed by atoms with van der Waals surface area (Å²) in [4.78, 5) is 37.0. The monoisotopic (exact) mass is 872 g/mol. The number of carbonyl (C=O) groups is 3. The molecule has 0 rings (SSSR count). The highest BCUT2D eigenvalue weighted by atomic mass is 16.6. The van der Waals surface area contributed by atoms with Crippen LogP contribution in [0.2, 0.25) is 0 Å². The fourth-order valence-electron chi connectivity index (χ4n) is 7.49. The number of esters is 2. The number of carboxylic acids is 1. The Labute approximate surface area is 382 Å². The van der Waals surface area contributed by atoms with Gasteiger partial charge in [-0.25, -0.2) is 0 Å². The summed E-state index contributed by atoms with van der Waals surface area (Å²) in [5.74, 6) is -1.74. The van der Waals surface area contributed by atoms with Crippen molar-refractivity contribution in [1.82, 2.24) is 0 Å². The van der Waals surface area contributed by atoms with Crippen LogP contribution >= 0.6 is 0 Å². The molecule has 0 aromatic rings. The van der Waals surface area contributed by atoms with Crippen molar-refractivity contribution in [1.29, 1.82) is 0 Å². The third-order valence-corrected chi connectivity index (χ3v) is 11.4. The van der Waals surface area contributed by atoms with Gasteiger partial charge in [-0.15, -0.1) is 0 Å². The number of unbranched alkanes of at least 4 members (excludes halogenated alkanes) is 24. The van der Waals surface area contributed by atoms with Gasteiger partial charge in [0.2, 0.25) is 0 Å². The van der Waals surface area contributed by atoms with E-state index in [1.54, 1.807) is 21.1 Å². The Balaban J connectivity index is 4.24. The van der Waals surface area contributed by atoms with Crippen LogP contribution in [-0.4, -0.2) is 75.5 Å². The molecule has 0 amide bonds. The molecule has 62 heavy (non-hydrogen) atoms. The number of hydrogen-bond donors (Lipinski definition) is 0. The van der Waals surface area contributed by atoms with Gasteiger partial charge in [-0.2, -0.15) is 0 Å². The van der Waals surface area contributed by atoms with Gasteiger partial charge >= 0.3 is 11.9 Å². The van der Waals surface area contributed by atoms with Crippen LogP contribution in [0.25, 0.3) is 0 Å². The molecule has 8 nitrogen and oxygen atoms in total. The van der Waals surface area contributed by atoms with Crippen LogP contribution in [0.4, 0.5) is 0 Å². The van der Waals surface area contributed by atoms with E-state index < -0.39 is 18.1 Å². The summed E-state index contributed by atoms with van der Waals surface area (Å²) in [6, 6.07) is -0.729. The molecule has 8 heteroatoms. The summed E-state index contributed by atoms with van der Waals surface area (Å²) in [6.45, 7) is 4.56. The lowest BCUT2D eigenvalue weighted by atomic mass is 10.1. The maximum Gasteiger partial charge on any atom is 0.306 e. The number of ether oxygens (including phenoxy) is 3. The summed E-state index contributed by atoms with van der Waals surface area (Å²) in [5.41, 5.74) is 0. The van der Waals surface area contributed by atoms with E-state index in [4.69, 9.17) is 14.2 Å². The maximum atomic E-state index is 12.8. The molecule has 0 saturated carbocycles. The van der Waals surface area contributed by atoms with Crippen LogP contribution in [0.15, 0.2) is 48.6 Å². The Morgan fingerprint density at radius 3 is 1.35 bits per heavy atom. The molecule has 0 aliphatic rings. The third kappa shape index (κ3) is 42.6. The first-order valence-corrected chi connectivity index (χ1v) is 25.7. The lowest BCUT2D eigenvalue weighted by molar-refractivity contribution is -0.889. The number of rotatable bonds is 46. The molecule has 0 heterocycles. The van der Waals surface area contributed by atoms with Crippen molar-refractivity contribution in [3.05, 3.63) is 48.6 Å². The van der Waals surface area contributed by atoms with Crippen molar-refractivity contribution in [2.24, 2.45) is 0 Å². The number of quaternary nitrogens is 1. The number of hydrogen-bond acceptors (Lipinski definition) is 7. The second kappa shape index (κ2) is 44.9. The van der Waals surface area contributed by atoms with Crippen LogP contribution in [0.3, 0.4) is 0 Å². The van der Waals surface area contributed by atoms with Crippen molar-refractivity contribution in [2.45, 2.75) is 238 Å². The van der Waals surface area contributed by atoms with Gasteiger partial charge in [0.05, 0.1) is 40.3 Å². The molecule has 0 spiro atoms. The van der Waals surface area contributed by atoms with E-state index in [1.165, 1.54) is 122 Å². The summed E-state index contributed by atoms with van der Waals surface area (Å²) >= 11 is 0. The van der Waals surface area contributed by atoms with E-state index in [2.05, 4.69) is 62.5 Å². The molecule has 0 radical (unpaired) electrons. The zero-order valence-electron chi connectivity index (χ0n) is 41.0. The highest BCUT2D eigenvalue weighted by Gasteiger charge is 2.25. The molecule has 0 aromatic heterocycles. The van der Waals surface area contributed by atoms with Gasteiger partial charge < -0.3 is 28.6 Å². The standard InChI is InChI=1S/C54H97NO7/c1-6-8-10-12-14-16-18-20-22-24-25-26-27-29-30-32-34-36-38-40-42-44-52(56)61-49-50(48-60-47-46-51(54(58)59)55(3,4)5)62-53(57)45-43-41-39-37-35-33-31-28-23-21-19-17-15-13-11-9-7-2/h9,11,15,17,21,23-25,50-51H,6-8,10,12-14,16,18-20,22,26-49H2,1-5H3/b11-9-,17-15-,23-21-,25-24-. The zero-order valence-corrected chi connectivity index (χ0v) is 41.0. The maximum absolute atomic E-state index is 12.8. The molecule has 0 aromatic carbocycles. The minimum Gasteiger partial charge on any atom is -0.544 e. The van der Waals surface area contributed by atoms with E-state index in [1.807, 2.05) is 0 Å². The second-order valence-electron chi connectivity index (χ2n) is 18.4. The van der Waals surface area contributed by atoms with Gasteiger partial charge in [-0.05, 0) is 70.6 Å². The molecule has 0 aliphatic heterocycles. The summed E-state index contributed by atoms with van der Waals surface area (Å²) < 4.78 is 17.2. The second-order valence-corrected chi connectivity index (χ2v) is 18.4.